The minimum absolute atomic E-state index is 0. The molecule has 23 heavy (non-hydrogen) atoms. The molecule has 1 aromatic rings. The molecule has 6 nitrogen and oxygen atoms in total. The number of hydrogen-bond donors (Lipinski definition) is 0. The second-order valence-electron chi connectivity index (χ2n) is 5.23. The van der Waals surface area contributed by atoms with Crippen molar-refractivity contribution in [1.82, 2.24) is 9.80 Å². The molecule has 0 unspecified atom stereocenters. The summed E-state index contributed by atoms with van der Waals surface area (Å²) < 4.78 is 16.2. The van der Waals surface area contributed by atoms with Gasteiger partial charge >= 0.3 is 0 Å². The highest BCUT2D eigenvalue weighted by Gasteiger charge is 2.13. The molecule has 0 aliphatic carbocycles. The maximum Gasteiger partial charge on any atom is 0.195 e. The van der Waals surface area contributed by atoms with Gasteiger partial charge < -0.3 is 24.0 Å². The molecular formula is C16H28IN3O3. The maximum atomic E-state index is 5.45. The summed E-state index contributed by atoms with van der Waals surface area (Å²) in [5.41, 5.74) is 0.992. The topological polar surface area (TPSA) is 46.5 Å². The van der Waals surface area contributed by atoms with E-state index in [1.807, 2.05) is 50.1 Å². The van der Waals surface area contributed by atoms with E-state index in [-0.39, 0.29) is 24.0 Å². The number of benzene rings is 1. The molecule has 0 aliphatic heterocycles. The molecule has 132 valence electrons. The zero-order valence-electron chi connectivity index (χ0n) is 15.0. The van der Waals surface area contributed by atoms with Crippen LogP contribution in [0.25, 0.3) is 0 Å². The fraction of sp³-hybridized carbons (Fsp3) is 0.562. The third kappa shape index (κ3) is 5.96. The molecular weight excluding hydrogens is 409 g/mol. The Hall–Kier alpha value is -1.38. The van der Waals surface area contributed by atoms with Gasteiger partial charge in [0.15, 0.2) is 5.96 Å². The number of ether oxygens (including phenoxy) is 3. The van der Waals surface area contributed by atoms with Gasteiger partial charge in [0.1, 0.15) is 17.2 Å². The zero-order chi connectivity index (χ0) is 16.7. The highest BCUT2D eigenvalue weighted by atomic mass is 127. The highest BCUT2D eigenvalue weighted by molar-refractivity contribution is 14.0. The molecule has 0 fully saturated rings. The molecule has 0 aromatic heterocycles. The lowest BCUT2D eigenvalue weighted by Gasteiger charge is -2.22. The number of aliphatic imine (C=N–C) groups is 1. The van der Waals surface area contributed by atoms with Gasteiger partial charge in [0.05, 0.1) is 21.3 Å². The monoisotopic (exact) mass is 437 g/mol. The van der Waals surface area contributed by atoms with E-state index in [4.69, 9.17) is 14.2 Å². The van der Waals surface area contributed by atoms with Crippen LogP contribution in [-0.4, -0.2) is 71.8 Å². The van der Waals surface area contributed by atoms with Crippen molar-refractivity contribution in [3.05, 3.63) is 17.7 Å². The fourth-order valence-corrected chi connectivity index (χ4v) is 2.27. The number of methoxy groups -OCH3 is 3. The van der Waals surface area contributed by atoms with Crippen LogP contribution in [0.1, 0.15) is 5.56 Å². The first-order valence-corrected chi connectivity index (χ1v) is 7.12. The Morgan fingerprint density at radius 1 is 0.913 bits per heavy atom. The molecule has 0 bridgehead atoms. The van der Waals surface area contributed by atoms with Crippen molar-refractivity contribution in [1.29, 1.82) is 0 Å². The van der Waals surface area contributed by atoms with E-state index in [0.717, 1.165) is 29.4 Å². The fourth-order valence-electron chi connectivity index (χ4n) is 2.27. The maximum absolute atomic E-state index is 5.45. The van der Waals surface area contributed by atoms with E-state index in [1.54, 1.807) is 21.3 Å². The van der Waals surface area contributed by atoms with E-state index in [1.165, 1.54) is 0 Å². The van der Waals surface area contributed by atoms with Gasteiger partial charge in [-0.3, -0.25) is 4.99 Å². The Kier molecular flexibility index (Phi) is 9.78. The molecule has 0 N–H and O–H groups in total. The first-order valence-electron chi connectivity index (χ1n) is 7.12. The first-order chi connectivity index (χ1) is 10.4. The molecule has 0 radical (unpaired) electrons. The molecule has 0 heterocycles. The van der Waals surface area contributed by atoms with E-state index < -0.39 is 0 Å². The smallest absolute Gasteiger partial charge is 0.195 e. The average molecular weight is 437 g/mol. The zero-order valence-corrected chi connectivity index (χ0v) is 17.4. The van der Waals surface area contributed by atoms with E-state index in [9.17, 15) is 0 Å². The van der Waals surface area contributed by atoms with Crippen LogP contribution in [0, 0.1) is 0 Å². The van der Waals surface area contributed by atoms with Crippen molar-refractivity contribution in [3.63, 3.8) is 0 Å². The quantitative estimate of drug-likeness (QED) is 0.389. The summed E-state index contributed by atoms with van der Waals surface area (Å²) in [6, 6.07) is 3.72. The lowest BCUT2D eigenvalue weighted by Crippen LogP contribution is -2.35. The van der Waals surface area contributed by atoms with Crippen molar-refractivity contribution < 1.29 is 14.2 Å². The predicted molar refractivity (Wildman–Crippen MR) is 105 cm³/mol. The Balaban J connectivity index is 0.00000484. The van der Waals surface area contributed by atoms with Crippen molar-refractivity contribution in [2.45, 2.75) is 6.42 Å². The third-order valence-electron chi connectivity index (χ3n) is 3.23. The molecule has 1 aromatic carbocycles. The van der Waals surface area contributed by atoms with Gasteiger partial charge in [0.25, 0.3) is 0 Å². The molecule has 0 atom stereocenters. The van der Waals surface area contributed by atoms with Gasteiger partial charge in [-0.25, -0.2) is 0 Å². The summed E-state index contributed by atoms with van der Waals surface area (Å²) in [5.74, 6) is 3.14. The first kappa shape index (κ1) is 21.6. The molecule has 7 heteroatoms. The van der Waals surface area contributed by atoms with E-state index in [2.05, 4.69) is 4.99 Å². The molecule has 0 aliphatic rings. The van der Waals surface area contributed by atoms with Crippen LogP contribution in [-0.2, 0) is 6.42 Å². The Morgan fingerprint density at radius 2 is 1.39 bits per heavy atom. The van der Waals surface area contributed by atoms with Gasteiger partial charge in [-0.2, -0.15) is 0 Å². The minimum Gasteiger partial charge on any atom is -0.496 e. The summed E-state index contributed by atoms with van der Waals surface area (Å²) in [6.07, 6.45) is 0.724. The SMILES string of the molecule is COc1cc(OC)c(CCN=C(N(C)C)N(C)C)c(OC)c1.I. The Bertz CT molecular complexity index is 484. The average Bonchev–Trinajstić information content (AvgIpc) is 2.49. The van der Waals surface area contributed by atoms with Crippen LogP contribution < -0.4 is 14.2 Å². The van der Waals surface area contributed by atoms with Crippen molar-refractivity contribution >= 4 is 29.9 Å². The van der Waals surface area contributed by atoms with E-state index in [0.29, 0.717) is 12.3 Å². The second kappa shape index (κ2) is 10.4. The highest BCUT2D eigenvalue weighted by Crippen LogP contribution is 2.34. The molecule has 0 spiro atoms. The summed E-state index contributed by atoms with van der Waals surface area (Å²) in [4.78, 5) is 8.61. The van der Waals surface area contributed by atoms with Crippen LogP contribution in [0.5, 0.6) is 17.2 Å². The lowest BCUT2D eigenvalue weighted by atomic mass is 10.1. The van der Waals surface area contributed by atoms with Gasteiger partial charge in [-0.1, -0.05) is 0 Å². The standard InChI is InChI=1S/C16H27N3O3.HI/c1-18(2)16(19(3)4)17-9-8-13-14(21-6)10-12(20-5)11-15(13)22-7;/h10-11H,8-9H2,1-7H3;1H. The lowest BCUT2D eigenvalue weighted by molar-refractivity contribution is 0.369. The van der Waals surface area contributed by atoms with Crippen LogP contribution in [0.4, 0.5) is 0 Å². The molecule has 0 amide bonds. The minimum atomic E-state index is 0. The van der Waals surface area contributed by atoms with Crippen LogP contribution in [0.3, 0.4) is 0 Å². The Morgan fingerprint density at radius 3 is 1.74 bits per heavy atom. The second-order valence-corrected chi connectivity index (χ2v) is 5.23. The number of rotatable bonds is 6. The van der Waals surface area contributed by atoms with E-state index >= 15 is 0 Å². The number of halogens is 1. The number of nitrogens with zero attached hydrogens (tertiary/aromatic N) is 3. The Labute approximate surface area is 156 Å². The van der Waals surface area contributed by atoms with Crippen molar-refractivity contribution in [2.75, 3.05) is 56.1 Å². The molecule has 1 rings (SSSR count). The van der Waals surface area contributed by atoms with Crippen LogP contribution >= 0.6 is 24.0 Å². The van der Waals surface area contributed by atoms with Crippen molar-refractivity contribution in [3.8, 4) is 17.2 Å². The van der Waals surface area contributed by atoms with Crippen LogP contribution in [0.2, 0.25) is 0 Å². The number of hydrogen-bond acceptors (Lipinski definition) is 4. The van der Waals surface area contributed by atoms with Gasteiger partial charge in [0.2, 0.25) is 0 Å². The summed E-state index contributed by atoms with van der Waals surface area (Å²) >= 11 is 0. The van der Waals surface area contributed by atoms with Gasteiger partial charge in [0, 0.05) is 52.4 Å². The normalized spacial score (nSPS) is 9.52. The molecule has 0 saturated carbocycles. The predicted octanol–water partition coefficient (Wildman–Crippen LogP) is 2.35. The van der Waals surface area contributed by atoms with Gasteiger partial charge in [-0.15, -0.1) is 24.0 Å². The largest absolute Gasteiger partial charge is 0.496 e. The third-order valence-corrected chi connectivity index (χ3v) is 3.23. The summed E-state index contributed by atoms with van der Waals surface area (Å²) in [7, 11) is 12.8. The molecule has 0 saturated heterocycles. The summed E-state index contributed by atoms with van der Waals surface area (Å²) in [6.45, 7) is 0.644. The van der Waals surface area contributed by atoms with Crippen molar-refractivity contribution in [2.24, 2.45) is 4.99 Å². The number of guanidine groups is 1. The van der Waals surface area contributed by atoms with Crippen LogP contribution in [0.15, 0.2) is 17.1 Å². The summed E-state index contributed by atoms with van der Waals surface area (Å²) in [5, 5.41) is 0. The van der Waals surface area contributed by atoms with Gasteiger partial charge in [-0.05, 0) is 6.42 Å².